The number of nitrogens with zero attached hydrogens (tertiary/aromatic N) is 1. The van der Waals surface area contributed by atoms with Crippen molar-refractivity contribution in [1.29, 1.82) is 0 Å². The zero-order chi connectivity index (χ0) is 15.2. The molecule has 1 N–H and O–H groups in total. The minimum Gasteiger partial charge on any atom is -0.482 e. The standard InChI is InChI=1S/C16H23BrN2O2/c1-3-18-10-12-6-5-7-14(17)16(12)21-11-15(20)19(4-2)13-8-9-13/h5-7,13,18H,3-4,8-11H2,1-2H3. The zero-order valence-corrected chi connectivity index (χ0v) is 14.3. The summed E-state index contributed by atoms with van der Waals surface area (Å²) in [6.45, 7) is 6.58. The van der Waals surface area contributed by atoms with Crippen LogP contribution in [0.15, 0.2) is 22.7 Å². The molecule has 0 saturated heterocycles. The van der Waals surface area contributed by atoms with E-state index in [-0.39, 0.29) is 12.5 Å². The summed E-state index contributed by atoms with van der Waals surface area (Å²) in [4.78, 5) is 14.2. The molecule has 116 valence electrons. The fourth-order valence-corrected chi connectivity index (χ4v) is 2.88. The maximum atomic E-state index is 12.2. The molecule has 0 heterocycles. The molecule has 1 fully saturated rings. The Labute approximate surface area is 135 Å². The monoisotopic (exact) mass is 354 g/mol. The summed E-state index contributed by atoms with van der Waals surface area (Å²) in [6, 6.07) is 6.37. The predicted molar refractivity (Wildman–Crippen MR) is 87.4 cm³/mol. The van der Waals surface area contributed by atoms with Crippen LogP contribution in [0.25, 0.3) is 0 Å². The van der Waals surface area contributed by atoms with Crippen LogP contribution < -0.4 is 10.1 Å². The average molecular weight is 355 g/mol. The maximum Gasteiger partial charge on any atom is 0.260 e. The van der Waals surface area contributed by atoms with Gasteiger partial charge in [0.2, 0.25) is 0 Å². The first-order valence-corrected chi connectivity index (χ1v) is 8.37. The van der Waals surface area contributed by atoms with E-state index in [2.05, 4.69) is 28.2 Å². The number of hydrogen-bond donors (Lipinski definition) is 1. The Balaban J connectivity index is 1.99. The first-order chi connectivity index (χ1) is 10.2. The lowest BCUT2D eigenvalue weighted by Gasteiger charge is -2.21. The lowest BCUT2D eigenvalue weighted by Crippen LogP contribution is -2.36. The molecule has 4 nitrogen and oxygen atoms in total. The van der Waals surface area contributed by atoms with Crippen LogP contribution in [0.3, 0.4) is 0 Å². The van der Waals surface area contributed by atoms with Crippen molar-refractivity contribution in [1.82, 2.24) is 10.2 Å². The van der Waals surface area contributed by atoms with Crippen LogP contribution >= 0.6 is 15.9 Å². The molecule has 1 saturated carbocycles. The van der Waals surface area contributed by atoms with E-state index in [1.54, 1.807) is 0 Å². The normalized spacial score (nSPS) is 14.0. The van der Waals surface area contributed by atoms with E-state index in [9.17, 15) is 4.79 Å². The third-order valence-electron chi connectivity index (χ3n) is 3.60. The Hall–Kier alpha value is -1.07. The van der Waals surface area contributed by atoms with Crippen molar-refractivity contribution in [2.24, 2.45) is 0 Å². The fraction of sp³-hybridized carbons (Fsp3) is 0.562. The minimum atomic E-state index is 0.0742. The highest BCUT2D eigenvalue weighted by atomic mass is 79.9. The highest BCUT2D eigenvalue weighted by Gasteiger charge is 2.31. The minimum absolute atomic E-state index is 0.0742. The van der Waals surface area contributed by atoms with Gasteiger partial charge in [-0.25, -0.2) is 0 Å². The van der Waals surface area contributed by atoms with Gasteiger partial charge in [0.25, 0.3) is 5.91 Å². The maximum absolute atomic E-state index is 12.2. The highest BCUT2D eigenvalue weighted by molar-refractivity contribution is 9.10. The molecule has 0 atom stereocenters. The van der Waals surface area contributed by atoms with Gasteiger partial charge in [-0.05, 0) is 48.3 Å². The van der Waals surface area contributed by atoms with Crippen molar-refractivity contribution >= 4 is 21.8 Å². The van der Waals surface area contributed by atoms with Gasteiger partial charge < -0.3 is 15.0 Å². The second-order valence-corrected chi connectivity index (χ2v) is 6.06. The average Bonchev–Trinajstić information content (AvgIpc) is 3.29. The largest absolute Gasteiger partial charge is 0.482 e. The molecule has 0 radical (unpaired) electrons. The van der Waals surface area contributed by atoms with E-state index >= 15 is 0 Å². The van der Waals surface area contributed by atoms with Crippen molar-refractivity contribution in [3.63, 3.8) is 0 Å². The lowest BCUT2D eigenvalue weighted by atomic mass is 10.2. The number of carbonyl (C=O) groups is 1. The van der Waals surface area contributed by atoms with Gasteiger partial charge >= 0.3 is 0 Å². The summed E-state index contributed by atoms with van der Waals surface area (Å²) in [6.07, 6.45) is 2.25. The number of para-hydroxylation sites is 1. The number of benzene rings is 1. The lowest BCUT2D eigenvalue weighted by molar-refractivity contribution is -0.133. The summed E-state index contributed by atoms with van der Waals surface area (Å²) < 4.78 is 6.70. The van der Waals surface area contributed by atoms with Crippen LogP contribution in [0, 0.1) is 0 Å². The third kappa shape index (κ3) is 4.45. The number of likely N-dealkylation sites (N-methyl/N-ethyl adjacent to an activating group) is 1. The van der Waals surface area contributed by atoms with Gasteiger partial charge in [-0.15, -0.1) is 0 Å². The Kier molecular flexibility index (Phi) is 6.06. The van der Waals surface area contributed by atoms with Crippen molar-refractivity contribution in [3.8, 4) is 5.75 Å². The predicted octanol–water partition coefficient (Wildman–Crippen LogP) is 2.95. The molecule has 5 heteroatoms. The summed E-state index contributed by atoms with van der Waals surface area (Å²) >= 11 is 3.51. The van der Waals surface area contributed by atoms with Gasteiger partial charge in [0, 0.05) is 24.7 Å². The molecule has 1 aliphatic carbocycles. The molecule has 1 aromatic carbocycles. The summed E-state index contributed by atoms with van der Waals surface area (Å²) in [5, 5.41) is 3.29. The van der Waals surface area contributed by atoms with Gasteiger partial charge in [-0.2, -0.15) is 0 Å². The smallest absolute Gasteiger partial charge is 0.260 e. The van der Waals surface area contributed by atoms with Crippen LogP contribution in [0.2, 0.25) is 0 Å². The molecular formula is C16H23BrN2O2. The fourth-order valence-electron chi connectivity index (χ4n) is 2.36. The van der Waals surface area contributed by atoms with Crippen molar-refractivity contribution in [3.05, 3.63) is 28.2 Å². The van der Waals surface area contributed by atoms with Crippen LogP contribution in [0.1, 0.15) is 32.3 Å². The molecule has 0 spiro atoms. The molecule has 0 bridgehead atoms. The van der Waals surface area contributed by atoms with E-state index in [1.807, 2.05) is 30.0 Å². The van der Waals surface area contributed by atoms with Crippen LogP contribution in [0.4, 0.5) is 0 Å². The third-order valence-corrected chi connectivity index (χ3v) is 4.23. The second kappa shape index (κ2) is 7.80. The Morgan fingerprint density at radius 2 is 2.19 bits per heavy atom. The first kappa shape index (κ1) is 16.3. The molecule has 21 heavy (non-hydrogen) atoms. The Morgan fingerprint density at radius 3 is 2.81 bits per heavy atom. The van der Waals surface area contributed by atoms with Gasteiger partial charge in [0.1, 0.15) is 5.75 Å². The second-order valence-electron chi connectivity index (χ2n) is 5.21. The van der Waals surface area contributed by atoms with Gasteiger partial charge in [0.15, 0.2) is 6.61 Å². The van der Waals surface area contributed by atoms with E-state index in [4.69, 9.17) is 4.74 Å². The van der Waals surface area contributed by atoms with Crippen molar-refractivity contribution < 1.29 is 9.53 Å². The van der Waals surface area contributed by atoms with Gasteiger partial charge in [0.05, 0.1) is 4.47 Å². The Morgan fingerprint density at radius 1 is 1.43 bits per heavy atom. The van der Waals surface area contributed by atoms with Crippen LogP contribution in [-0.2, 0) is 11.3 Å². The molecule has 0 aromatic heterocycles. The molecular weight excluding hydrogens is 332 g/mol. The quantitative estimate of drug-likeness (QED) is 0.780. The number of hydrogen-bond acceptors (Lipinski definition) is 3. The number of amides is 1. The van der Waals surface area contributed by atoms with E-state index in [1.165, 1.54) is 0 Å². The van der Waals surface area contributed by atoms with Crippen molar-refractivity contribution in [2.75, 3.05) is 19.7 Å². The summed E-state index contributed by atoms with van der Waals surface area (Å²) in [7, 11) is 0. The van der Waals surface area contributed by atoms with E-state index in [0.717, 1.165) is 48.3 Å². The number of ether oxygens (including phenoxy) is 1. The summed E-state index contributed by atoms with van der Waals surface area (Å²) in [5.41, 5.74) is 1.06. The molecule has 2 rings (SSSR count). The first-order valence-electron chi connectivity index (χ1n) is 7.57. The van der Waals surface area contributed by atoms with E-state index in [0.29, 0.717) is 6.04 Å². The number of halogens is 1. The number of rotatable bonds is 8. The van der Waals surface area contributed by atoms with E-state index < -0.39 is 0 Å². The molecule has 1 amide bonds. The molecule has 1 aliphatic rings. The van der Waals surface area contributed by atoms with Gasteiger partial charge in [-0.1, -0.05) is 19.1 Å². The molecule has 1 aromatic rings. The van der Waals surface area contributed by atoms with Crippen LogP contribution in [-0.4, -0.2) is 36.5 Å². The number of nitrogens with one attached hydrogen (secondary N) is 1. The molecule has 0 aliphatic heterocycles. The Bertz CT molecular complexity index is 489. The van der Waals surface area contributed by atoms with Crippen LogP contribution in [0.5, 0.6) is 5.75 Å². The van der Waals surface area contributed by atoms with Gasteiger partial charge in [-0.3, -0.25) is 4.79 Å². The van der Waals surface area contributed by atoms with Crippen molar-refractivity contribution in [2.45, 2.75) is 39.3 Å². The molecule has 0 unspecified atom stereocenters. The number of carbonyl (C=O) groups excluding carboxylic acids is 1. The zero-order valence-electron chi connectivity index (χ0n) is 12.7. The topological polar surface area (TPSA) is 41.6 Å². The SMILES string of the molecule is CCNCc1cccc(Br)c1OCC(=O)N(CC)C1CC1. The highest BCUT2D eigenvalue weighted by Crippen LogP contribution is 2.30. The summed E-state index contributed by atoms with van der Waals surface area (Å²) in [5.74, 6) is 0.837.